The lowest BCUT2D eigenvalue weighted by molar-refractivity contribution is -0.138. The van der Waals surface area contributed by atoms with E-state index in [4.69, 9.17) is 27.9 Å². The molecule has 8 rings (SSSR count). The quantitative estimate of drug-likeness (QED) is 0.157. The van der Waals surface area contributed by atoms with Gasteiger partial charge in [0.25, 0.3) is 11.8 Å². The number of nitrogens with one attached hydrogen (secondary N) is 1. The standard InChI is InChI=1S/C40H32Cl2FN3O6/c1-20-3-12-25(17-32(20)42)45-36(48)28-15-14-27-29(34(28)38(45)50)19-31-37(49)46(44-24-10-8-23(43)9-11-24)39(51)40(31,21-4-6-22(41)7-5-21)35(27)30-18-26(52-2)13-16-33(30)47/h3-14,16-18,28-29,31,34-35,44,47H,15,19H2,1-2H3. The number of benzene rings is 4. The first-order valence-electron chi connectivity index (χ1n) is 16.8. The highest BCUT2D eigenvalue weighted by molar-refractivity contribution is 6.32. The largest absolute Gasteiger partial charge is 0.508 e. The number of anilines is 2. The van der Waals surface area contributed by atoms with Crippen LogP contribution in [-0.2, 0) is 24.6 Å². The van der Waals surface area contributed by atoms with Crippen LogP contribution in [-0.4, -0.2) is 40.9 Å². The summed E-state index contributed by atoms with van der Waals surface area (Å²) in [5.41, 5.74) is 4.16. The Hall–Kier alpha value is -5.19. The van der Waals surface area contributed by atoms with Gasteiger partial charge in [-0.25, -0.2) is 9.29 Å². The van der Waals surface area contributed by atoms with Crippen LogP contribution < -0.4 is 15.1 Å². The van der Waals surface area contributed by atoms with E-state index in [0.29, 0.717) is 43.9 Å². The van der Waals surface area contributed by atoms with Gasteiger partial charge in [-0.05, 0) is 104 Å². The van der Waals surface area contributed by atoms with Crippen molar-refractivity contribution in [2.45, 2.75) is 31.1 Å². The minimum absolute atomic E-state index is 0.0462. The van der Waals surface area contributed by atoms with Gasteiger partial charge in [-0.15, -0.1) is 0 Å². The lowest BCUT2D eigenvalue weighted by atomic mass is 9.49. The van der Waals surface area contributed by atoms with Crippen molar-refractivity contribution < 1.29 is 33.4 Å². The molecule has 4 aromatic rings. The van der Waals surface area contributed by atoms with Crippen molar-refractivity contribution >= 4 is 58.2 Å². The molecule has 264 valence electrons. The zero-order chi connectivity index (χ0) is 36.6. The van der Waals surface area contributed by atoms with Gasteiger partial charge in [-0.1, -0.05) is 53.1 Å². The minimum atomic E-state index is -1.65. The van der Waals surface area contributed by atoms with Crippen LogP contribution in [0.5, 0.6) is 11.5 Å². The minimum Gasteiger partial charge on any atom is -0.508 e. The number of hydrazine groups is 1. The van der Waals surface area contributed by atoms with E-state index in [1.165, 1.54) is 42.3 Å². The van der Waals surface area contributed by atoms with Gasteiger partial charge in [-0.3, -0.25) is 24.6 Å². The number of hydrogen-bond donors (Lipinski definition) is 2. The fraction of sp³-hybridized carbons (Fsp3) is 0.250. The van der Waals surface area contributed by atoms with Crippen LogP contribution in [0.2, 0.25) is 10.0 Å². The normalized spacial score (nSPS) is 26.6. The van der Waals surface area contributed by atoms with Crippen molar-refractivity contribution in [2.24, 2.45) is 23.7 Å². The summed E-state index contributed by atoms with van der Waals surface area (Å²) in [6.45, 7) is 1.83. The van der Waals surface area contributed by atoms with E-state index in [2.05, 4.69) is 5.43 Å². The van der Waals surface area contributed by atoms with E-state index in [1.807, 2.05) is 13.0 Å². The molecular weight excluding hydrogens is 708 g/mol. The predicted octanol–water partition coefficient (Wildman–Crippen LogP) is 7.34. The van der Waals surface area contributed by atoms with Crippen LogP contribution in [0.15, 0.2) is 96.6 Å². The number of imide groups is 2. The second-order valence-electron chi connectivity index (χ2n) is 13.7. The summed E-state index contributed by atoms with van der Waals surface area (Å²) in [7, 11) is 1.48. The van der Waals surface area contributed by atoms with E-state index in [0.717, 1.165) is 10.6 Å². The van der Waals surface area contributed by atoms with Gasteiger partial charge in [-0.2, -0.15) is 5.01 Å². The monoisotopic (exact) mass is 739 g/mol. The summed E-state index contributed by atoms with van der Waals surface area (Å²) < 4.78 is 19.4. The number of hydrogen-bond acceptors (Lipinski definition) is 7. The number of phenolic OH excluding ortho intramolecular Hbond substituents is 1. The van der Waals surface area contributed by atoms with Gasteiger partial charge in [0.05, 0.1) is 41.7 Å². The zero-order valence-corrected chi connectivity index (χ0v) is 29.5. The van der Waals surface area contributed by atoms with Crippen molar-refractivity contribution in [3.8, 4) is 11.5 Å². The lowest BCUT2D eigenvalue weighted by Crippen LogP contribution is -2.53. The van der Waals surface area contributed by atoms with E-state index >= 15 is 4.79 Å². The van der Waals surface area contributed by atoms with E-state index in [9.17, 15) is 23.9 Å². The molecule has 6 unspecified atom stereocenters. The van der Waals surface area contributed by atoms with E-state index in [1.54, 1.807) is 54.6 Å². The number of allylic oxidation sites excluding steroid dienone is 2. The lowest BCUT2D eigenvalue weighted by Gasteiger charge is -2.50. The van der Waals surface area contributed by atoms with Crippen LogP contribution in [0.4, 0.5) is 15.8 Å². The molecule has 3 fully saturated rings. The molecular formula is C40H32Cl2FN3O6. The van der Waals surface area contributed by atoms with E-state index in [-0.39, 0.29) is 24.5 Å². The van der Waals surface area contributed by atoms with Gasteiger partial charge in [0.1, 0.15) is 17.3 Å². The number of ether oxygens (including phenoxy) is 1. The number of amides is 4. The molecule has 4 amide bonds. The summed E-state index contributed by atoms with van der Waals surface area (Å²) in [4.78, 5) is 59.8. The SMILES string of the molecule is COc1ccc(O)c(C2C3=CCC4C(=O)N(c5ccc(C)c(Cl)c5)C(=O)C4C3CC3C(=O)N(Nc4ccc(F)cc4)C(=O)C32c2ccc(Cl)cc2)c1. The van der Waals surface area contributed by atoms with Crippen LogP contribution in [0.1, 0.15) is 35.4 Å². The first kappa shape index (κ1) is 33.9. The zero-order valence-electron chi connectivity index (χ0n) is 28.0. The second-order valence-corrected chi connectivity index (χ2v) is 14.6. The highest BCUT2D eigenvalue weighted by Crippen LogP contribution is 2.65. The van der Waals surface area contributed by atoms with Gasteiger partial charge in [0.2, 0.25) is 11.8 Å². The highest BCUT2D eigenvalue weighted by atomic mass is 35.5. The Morgan fingerprint density at radius 1 is 0.885 bits per heavy atom. The molecule has 0 aromatic heterocycles. The molecule has 6 atom stereocenters. The van der Waals surface area contributed by atoms with Crippen molar-refractivity contribution in [1.82, 2.24) is 5.01 Å². The highest BCUT2D eigenvalue weighted by Gasteiger charge is 2.70. The van der Waals surface area contributed by atoms with Crippen molar-refractivity contribution in [2.75, 3.05) is 17.4 Å². The van der Waals surface area contributed by atoms with E-state index < -0.39 is 58.5 Å². The molecule has 4 aromatic carbocycles. The summed E-state index contributed by atoms with van der Waals surface area (Å²) >= 11 is 12.8. The average molecular weight is 741 g/mol. The third kappa shape index (κ3) is 4.95. The molecule has 12 heteroatoms. The average Bonchev–Trinajstić information content (AvgIpc) is 3.51. The Bertz CT molecular complexity index is 2210. The number of rotatable bonds is 6. The maximum atomic E-state index is 15.2. The predicted molar refractivity (Wildman–Crippen MR) is 192 cm³/mol. The summed E-state index contributed by atoms with van der Waals surface area (Å²) in [5.74, 6) is -6.49. The van der Waals surface area contributed by atoms with Crippen LogP contribution >= 0.6 is 23.2 Å². The van der Waals surface area contributed by atoms with Gasteiger partial charge in [0, 0.05) is 21.5 Å². The third-order valence-corrected chi connectivity index (χ3v) is 11.9. The number of halogens is 3. The number of aromatic hydroxyl groups is 1. The molecule has 2 aliphatic carbocycles. The van der Waals surface area contributed by atoms with Crippen LogP contribution in [0.3, 0.4) is 0 Å². The maximum absolute atomic E-state index is 15.2. The van der Waals surface area contributed by atoms with Crippen LogP contribution in [0, 0.1) is 36.4 Å². The van der Waals surface area contributed by atoms with Gasteiger partial charge < -0.3 is 9.84 Å². The smallest absolute Gasteiger partial charge is 0.260 e. The Labute approximate surface area is 308 Å². The first-order valence-corrected chi connectivity index (χ1v) is 17.6. The van der Waals surface area contributed by atoms with Crippen LogP contribution in [0.25, 0.3) is 0 Å². The fourth-order valence-electron chi connectivity index (χ4n) is 8.87. The van der Waals surface area contributed by atoms with Gasteiger partial charge >= 0.3 is 0 Å². The van der Waals surface area contributed by atoms with Crippen molar-refractivity contribution in [3.63, 3.8) is 0 Å². The number of methoxy groups -OCH3 is 1. The molecule has 2 aliphatic heterocycles. The summed E-state index contributed by atoms with van der Waals surface area (Å²) in [6.07, 6.45) is 2.14. The molecule has 2 N–H and O–H groups in total. The molecule has 0 radical (unpaired) electrons. The summed E-state index contributed by atoms with van der Waals surface area (Å²) in [6, 6.07) is 21.7. The molecule has 2 saturated heterocycles. The third-order valence-electron chi connectivity index (χ3n) is 11.2. The molecule has 1 saturated carbocycles. The Morgan fingerprint density at radius 3 is 2.31 bits per heavy atom. The molecule has 4 aliphatic rings. The second kappa shape index (κ2) is 12.5. The summed E-state index contributed by atoms with van der Waals surface area (Å²) in [5, 5.41) is 13.4. The molecule has 2 heterocycles. The molecule has 9 nitrogen and oxygen atoms in total. The number of carbonyl (C=O) groups is 4. The molecule has 0 spiro atoms. The van der Waals surface area contributed by atoms with Gasteiger partial charge in [0.15, 0.2) is 0 Å². The Balaban J connectivity index is 1.34. The maximum Gasteiger partial charge on any atom is 0.260 e. The number of aryl methyl sites for hydroxylation is 1. The Morgan fingerprint density at radius 2 is 1.62 bits per heavy atom. The van der Waals surface area contributed by atoms with Crippen molar-refractivity contribution in [3.05, 3.63) is 129 Å². The van der Waals surface area contributed by atoms with Crippen molar-refractivity contribution in [1.29, 1.82) is 0 Å². The fourth-order valence-corrected chi connectivity index (χ4v) is 9.17. The number of nitrogens with zero attached hydrogens (tertiary/aromatic N) is 2. The molecule has 52 heavy (non-hydrogen) atoms. The number of carbonyl (C=O) groups excluding carboxylic acids is 4. The molecule has 0 bridgehead atoms. The number of phenols is 1. The number of fused-ring (bicyclic) bond motifs is 4. The Kier molecular flexibility index (Phi) is 8.15. The first-order chi connectivity index (χ1) is 24.9. The topological polar surface area (TPSA) is 116 Å².